The summed E-state index contributed by atoms with van der Waals surface area (Å²) in [5, 5.41) is -0.0267. The van der Waals surface area contributed by atoms with E-state index in [2.05, 4.69) is 9.97 Å². The number of H-pyrrole nitrogens is 1. The van der Waals surface area contributed by atoms with Crippen LogP contribution >= 0.6 is 11.6 Å². The number of fused-ring (bicyclic) bond motifs is 1. The molecule has 0 unspecified atom stereocenters. The van der Waals surface area contributed by atoms with Gasteiger partial charge in [-0.2, -0.15) is 8.42 Å². The summed E-state index contributed by atoms with van der Waals surface area (Å²) in [6, 6.07) is 12.5. The highest BCUT2D eigenvalue weighted by Gasteiger charge is 2.18. The molecule has 102 valence electrons. The monoisotopic (exact) mass is 308 g/mol. The zero-order valence-electron chi connectivity index (χ0n) is 10.0. The van der Waals surface area contributed by atoms with Crippen molar-refractivity contribution >= 4 is 32.8 Å². The van der Waals surface area contributed by atoms with E-state index in [1.165, 1.54) is 0 Å². The van der Waals surface area contributed by atoms with Crippen molar-refractivity contribution < 1.29 is 13.0 Å². The van der Waals surface area contributed by atoms with Crippen molar-refractivity contribution in [1.82, 2.24) is 9.97 Å². The first-order valence-corrected chi connectivity index (χ1v) is 7.50. The van der Waals surface area contributed by atoms with Gasteiger partial charge in [0.25, 0.3) is 5.16 Å². The molecule has 0 saturated carbocycles. The fourth-order valence-electron chi connectivity index (χ4n) is 2.04. The molecule has 1 heterocycles. The number of hydrogen-bond donors (Lipinski definition) is 2. The van der Waals surface area contributed by atoms with Crippen molar-refractivity contribution in [2.24, 2.45) is 0 Å². The summed E-state index contributed by atoms with van der Waals surface area (Å²) in [6.07, 6.45) is 0. The van der Waals surface area contributed by atoms with Crippen molar-refractivity contribution in [2.75, 3.05) is 0 Å². The van der Waals surface area contributed by atoms with E-state index in [1.807, 2.05) is 30.3 Å². The maximum atomic E-state index is 11.2. The van der Waals surface area contributed by atoms with Gasteiger partial charge in [-0.05, 0) is 17.7 Å². The number of halogens is 1. The molecule has 0 saturated heterocycles. The number of rotatable bonds is 2. The maximum Gasteiger partial charge on any atom is 0.328 e. The minimum atomic E-state index is -4.39. The lowest BCUT2D eigenvalue weighted by Crippen LogP contribution is -1.99. The Hall–Kier alpha value is -1.89. The van der Waals surface area contributed by atoms with Crippen molar-refractivity contribution in [2.45, 2.75) is 5.16 Å². The van der Waals surface area contributed by atoms with Crippen LogP contribution in [-0.2, 0) is 10.1 Å². The van der Waals surface area contributed by atoms with Crippen LogP contribution in [0.2, 0.25) is 5.02 Å². The molecule has 2 aromatic carbocycles. The first-order chi connectivity index (χ1) is 9.47. The van der Waals surface area contributed by atoms with E-state index in [0.29, 0.717) is 21.6 Å². The summed E-state index contributed by atoms with van der Waals surface area (Å²) < 4.78 is 31.4. The summed E-state index contributed by atoms with van der Waals surface area (Å²) in [5.41, 5.74) is 2.36. The second kappa shape index (κ2) is 4.59. The van der Waals surface area contributed by atoms with E-state index in [-0.39, 0.29) is 0 Å². The van der Waals surface area contributed by atoms with Crippen molar-refractivity contribution in [1.29, 1.82) is 0 Å². The zero-order valence-corrected chi connectivity index (χ0v) is 11.6. The maximum absolute atomic E-state index is 11.2. The Morgan fingerprint density at radius 1 is 1.10 bits per heavy atom. The molecule has 0 aliphatic heterocycles. The second-order valence-electron chi connectivity index (χ2n) is 4.20. The standard InChI is InChI=1S/C13H9ClN2O3S/c14-9-6-7-10-12(16-13(15-10)20(17,18)19)11(9)8-4-2-1-3-5-8/h1-7H,(H,15,16)(H,17,18,19). The molecular formula is C13H9ClN2O3S. The first-order valence-electron chi connectivity index (χ1n) is 5.68. The molecule has 3 rings (SSSR count). The Morgan fingerprint density at radius 2 is 1.80 bits per heavy atom. The number of hydrogen-bond acceptors (Lipinski definition) is 3. The molecule has 2 N–H and O–H groups in total. The van der Waals surface area contributed by atoms with Crippen molar-refractivity contribution in [3.63, 3.8) is 0 Å². The highest BCUT2D eigenvalue weighted by Crippen LogP contribution is 2.34. The minimum Gasteiger partial charge on any atom is -0.326 e. The van der Waals surface area contributed by atoms with E-state index in [4.69, 9.17) is 16.2 Å². The highest BCUT2D eigenvalue weighted by atomic mass is 35.5. The molecule has 7 heteroatoms. The van der Waals surface area contributed by atoms with E-state index in [0.717, 1.165) is 5.56 Å². The van der Waals surface area contributed by atoms with Crippen LogP contribution in [0.15, 0.2) is 47.6 Å². The quantitative estimate of drug-likeness (QED) is 0.712. The van der Waals surface area contributed by atoms with Gasteiger partial charge in [-0.15, -0.1) is 0 Å². The Bertz CT molecular complexity index is 889. The Labute approximate surface area is 120 Å². The minimum absolute atomic E-state index is 0.417. The first kappa shape index (κ1) is 13.1. The molecule has 0 radical (unpaired) electrons. The van der Waals surface area contributed by atoms with Crippen LogP contribution < -0.4 is 0 Å². The molecule has 20 heavy (non-hydrogen) atoms. The molecule has 0 aliphatic carbocycles. The lowest BCUT2D eigenvalue weighted by atomic mass is 10.0. The number of nitrogens with one attached hydrogen (secondary N) is 1. The predicted molar refractivity (Wildman–Crippen MR) is 76.4 cm³/mol. The average molecular weight is 309 g/mol. The topological polar surface area (TPSA) is 83.1 Å². The summed E-state index contributed by atoms with van der Waals surface area (Å²) in [6.45, 7) is 0. The van der Waals surface area contributed by atoms with Gasteiger partial charge >= 0.3 is 10.1 Å². The lowest BCUT2D eigenvalue weighted by Gasteiger charge is -2.05. The fourth-order valence-corrected chi connectivity index (χ4v) is 2.75. The SMILES string of the molecule is O=S(=O)(O)c1nc2ccc(Cl)c(-c3ccccc3)c2[nH]1. The third-order valence-electron chi connectivity index (χ3n) is 2.89. The second-order valence-corrected chi connectivity index (χ2v) is 5.94. The van der Waals surface area contributed by atoms with Crippen LogP contribution in [-0.4, -0.2) is 22.9 Å². The molecule has 0 atom stereocenters. The molecule has 0 spiro atoms. The molecule has 0 fully saturated rings. The summed E-state index contributed by atoms with van der Waals surface area (Å²) in [5.74, 6) is 0. The van der Waals surface area contributed by atoms with Crippen LogP contribution in [0.25, 0.3) is 22.2 Å². The average Bonchev–Trinajstić information content (AvgIpc) is 2.83. The van der Waals surface area contributed by atoms with Crippen LogP contribution in [0.3, 0.4) is 0 Å². The number of imidazole rings is 1. The summed E-state index contributed by atoms with van der Waals surface area (Å²) in [7, 11) is -4.39. The Balaban J connectivity index is 2.37. The van der Waals surface area contributed by atoms with E-state index >= 15 is 0 Å². The van der Waals surface area contributed by atoms with Crippen LogP contribution in [0.4, 0.5) is 0 Å². The predicted octanol–water partition coefficient (Wildman–Crippen LogP) is 3.13. The van der Waals surface area contributed by atoms with E-state index in [9.17, 15) is 8.42 Å². The molecule has 5 nitrogen and oxygen atoms in total. The van der Waals surface area contributed by atoms with Gasteiger partial charge in [0.1, 0.15) is 0 Å². The van der Waals surface area contributed by atoms with Crippen LogP contribution in [0, 0.1) is 0 Å². The van der Waals surface area contributed by atoms with E-state index < -0.39 is 15.3 Å². The normalized spacial score (nSPS) is 11.9. The third-order valence-corrected chi connectivity index (χ3v) is 3.89. The lowest BCUT2D eigenvalue weighted by molar-refractivity contribution is 0.476. The largest absolute Gasteiger partial charge is 0.328 e. The third kappa shape index (κ3) is 2.18. The molecular weight excluding hydrogens is 300 g/mol. The van der Waals surface area contributed by atoms with Gasteiger partial charge in [0.15, 0.2) is 0 Å². The molecule has 0 amide bonds. The van der Waals surface area contributed by atoms with Gasteiger partial charge in [0.05, 0.1) is 16.1 Å². The van der Waals surface area contributed by atoms with Crippen LogP contribution in [0.1, 0.15) is 0 Å². The van der Waals surface area contributed by atoms with Gasteiger partial charge in [-0.3, -0.25) is 4.55 Å². The molecule has 3 aromatic rings. The molecule has 1 aromatic heterocycles. The van der Waals surface area contributed by atoms with Gasteiger partial charge in [0, 0.05) is 5.56 Å². The number of aromatic nitrogens is 2. The van der Waals surface area contributed by atoms with Gasteiger partial charge in [-0.1, -0.05) is 41.9 Å². The zero-order chi connectivity index (χ0) is 14.3. The Kier molecular flexibility index (Phi) is 3.01. The number of aromatic amines is 1. The fraction of sp³-hybridized carbons (Fsp3) is 0. The molecule has 0 aliphatic rings. The highest BCUT2D eigenvalue weighted by molar-refractivity contribution is 7.85. The summed E-state index contributed by atoms with van der Waals surface area (Å²) in [4.78, 5) is 6.47. The smallest absolute Gasteiger partial charge is 0.326 e. The Morgan fingerprint density at radius 3 is 2.45 bits per heavy atom. The van der Waals surface area contributed by atoms with Crippen molar-refractivity contribution in [3.8, 4) is 11.1 Å². The van der Waals surface area contributed by atoms with Gasteiger partial charge in [-0.25, -0.2) is 4.98 Å². The molecule has 0 bridgehead atoms. The number of benzene rings is 2. The number of nitrogens with zero attached hydrogens (tertiary/aromatic N) is 1. The van der Waals surface area contributed by atoms with Gasteiger partial charge in [0.2, 0.25) is 0 Å². The van der Waals surface area contributed by atoms with Crippen LogP contribution in [0.5, 0.6) is 0 Å². The van der Waals surface area contributed by atoms with Crippen molar-refractivity contribution in [3.05, 3.63) is 47.5 Å². The van der Waals surface area contributed by atoms with Gasteiger partial charge < -0.3 is 4.98 Å². The van der Waals surface area contributed by atoms with E-state index in [1.54, 1.807) is 12.1 Å². The summed E-state index contributed by atoms with van der Waals surface area (Å²) >= 11 is 6.20.